The van der Waals surface area contributed by atoms with E-state index in [0.717, 1.165) is 12.2 Å². The normalized spacial score (nSPS) is 16.9. The lowest BCUT2D eigenvalue weighted by molar-refractivity contribution is -0.136. The monoisotopic (exact) mass is 428 g/mol. The largest absolute Gasteiger partial charge is 0.491 e. The van der Waals surface area contributed by atoms with Crippen molar-refractivity contribution in [2.45, 2.75) is 38.8 Å². The van der Waals surface area contributed by atoms with E-state index in [1.54, 1.807) is 17.4 Å². The van der Waals surface area contributed by atoms with Crippen molar-refractivity contribution in [1.82, 2.24) is 9.80 Å². The predicted octanol–water partition coefficient (Wildman–Crippen LogP) is 3.82. The van der Waals surface area contributed by atoms with Crippen LogP contribution in [-0.4, -0.2) is 59.7 Å². The fourth-order valence-electron chi connectivity index (χ4n) is 3.78. The average molecular weight is 429 g/mol. The highest BCUT2D eigenvalue weighted by atomic mass is 32.1. The minimum atomic E-state index is -0.441. The molecule has 1 amide bonds. The first-order valence-electron chi connectivity index (χ1n) is 10.6. The van der Waals surface area contributed by atoms with Crippen LogP contribution in [0.5, 0.6) is 5.75 Å². The molecule has 1 N–H and O–H groups in total. The fraction of sp³-hybridized carbons (Fsp3) is 0.458. The van der Waals surface area contributed by atoms with Gasteiger partial charge in [-0.05, 0) is 48.9 Å². The summed E-state index contributed by atoms with van der Waals surface area (Å²) in [6.07, 6.45) is 2.87. The molecule has 0 aliphatic carbocycles. The summed E-state index contributed by atoms with van der Waals surface area (Å²) in [6, 6.07) is 10.0. The van der Waals surface area contributed by atoms with Crippen molar-refractivity contribution in [2.75, 3.05) is 32.8 Å². The molecule has 5 nitrogen and oxygen atoms in total. The van der Waals surface area contributed by atoms with Crippen LogP contribution in [0.3, 0.4) is 0 Å². The second-order valence-electron chi connectivity index (χ2n) is 7.82. The maximum absolute atomic E-state index is 13.3. The SMILES string of the molecule is C=CCN(CC(=O)N1CCc2sccc2[C@H]1COc1ccc(C)cc1)C[C@@H](O)CC. The molecule has 1 aliphatic heterocycles. The molecule has 0 saturated carbocycles. The number of rotatable bonds is 10. The van der Waals surface area contributed by atoms with E-state index in [0.29, 0.717) is 32.7 Å². The lowest BCUT2D eigenvalue weighted by atomic mass is 10.0. The van der Waals surface area contributed by atoms with Gasteiger partial charge in [-0.25, -0.2) is 0 Å². The van der Waals surface area contributed by atoms with Gasteiger partial charge in [-0.15, -0.1) is 17.9 Å². The second-order valence-corrected chi connectivity index (χ2v) is 8.82. The molecule has 1 aliphatic rings. The van der Waals surface area contributed by atoms with Gasteiger partial charge in [0.1, 0.15) is 12.4 Å². The molecule has 1 aromatic carbocycles. The number of aliphatic hydroxyl groups excluding tert-OH is 1. The predicted molar refractivity (Wildman–Crippen MR) is 122 cm³/mol. The highest BCUT2D eigenvalue weighted by Gasteiger charge is 2.32. The van der Waals surface area contributed by atoms with E-state index in [-0.39, 0.29) is 18.5 Å². The van der Waals surface area contributed by atoms with Crippen LogP contribution in [0.4, 0.5) is 0 Å². The number of thiophene rings is 1. The molecule has 6 heteroatoms. The Bertz CT molecular complexity index is 833. The third-order valence-corrected chi connectivity index (χ3v) is 6.53. The van der Waals surface area contributed by atoms with Gasteiger partial charge in [-0.3, -0.25) is 9.69 Å². The van der Waals surface area contributed by atoms with E-state index >= 15 is 0 Å². The maximum atomic E-state index is 13.3. The Labute approximate surface area is 183 Å². The third kappa shape index (κ3) is 5.72. The number of fused-ring (bicyclic) bond motifs is 1. The third-order valence-electron chi connectivity index (χ3n) is 5.53. The molecule has 162 valence electrons. The minimum absolute atomic E-state index is 0.0644. The van der Waals surface area contributed by atoms with Gasteiger partial charge in [0.15, 0.2) is 0 Å². The summed E-state index contributed by atoms with van der Waals surface area (Å²) in [4.78, 5) is 18.5. The molecule has 0 unspecified atom stereocenters. The molecule has 0 bridgehead atoms. The highest BCUT2D eigenvalue weighted by Crippen LogP contribution is 2.34. The Hall–Kier alpha value is -2.15. The zero-order valence-electron chi connectivity index (χ0n) is 17.9. The van der Waals surface area contributed by atoms with Crippen molar-refractivity contribution >= 4 is 17.2 Å². The number of nitrogens with zero attached hydrogens (tertiary/aromatic N) is 2. The number of amides is 1. The molecular formula is C24H32N2O3S. The van der Waals surface area contributed by atoms with Gasteiger partial charge in [0.25, 0.3) is 0 Å². The van der Waals surface area contributed by atoms with Gasteiger partial charge in [0.2, 0.25) is 5.91 Å². The van der Waals surface area contributed by atoms with Gasteiger partial charge in [0.05, 0.1) is 18.7 Å². The number of aryl methyl sites for hydroxylation is 1. The molecule has 2 aromatic rings. The van der Waals surface area contributed by atoms with Crippen molar-refractivity contribution in [2.24, 2.45) is 0 Å². The van der Waals surface area contributed by atoms with Gasteiger partial charge < -0.3 is 14.7 Å². The Balaban J connectivity index is 1.72. The summed E-state index contributed by atoms with van der Waals surface area (Å²) in [5, 5.41) is 12.1. The van der Waals surface area contributed by atoms with Crippen LogP contribution in [0.25, 0.3) is 0 Å². The molecule has 30 heavy (non-hydrogen) atoms. The van der Waals surface area contributed by atoms with Crippen LogP contribution in [0.15, 0.2) is 48.4 Å². The standard InChI is InChI=1S/C24H32N2O3S/c1-4-12-25(15-19(27)5-2)16-24(28)26-13-10-23-21(11-14-30-23)22(26)17-29-20-8-6-18(3)7-9-20/h4,6-9,11,14,19,22,27H,1,5,10,12-13,15-17H2,2-3H3/t19-,22+/m0/s1. The van der Waals surface area contributed by atoms with Gasteiger partial charge in [0, 0.05) is 24.5 Å². The maximum Gasteiger partial charge on any atom is 0.237 e. The summed E-state index contributed by atoms with van der Waals surface area (Å²) in [7, 11) is 0. The van der Waals surface area contributed by atoms with Crippen LogP contribution in [0.2, 0.25) is 0 Å². The molecular weight excluding hydrogens is 396 g/mol. The van der Waals surface area contributed by atoms with Crippen molar-refractivity contribution in [3.63, 3.8) is 0 Å². The zero-order valence-corrected chi connectivity index (χ0v) is 18.7. The topological polar surface area (TPSA) is 53.0 Å². The number of hydrogen-bond donors (Lipinski definition) is 1. The van der Waals surface area contributed by atoms with Gasteiger partial charge in [-0.2, -0.15) is 0 Å². The number of hydrogen-bond acceptors (Lipinski definition) is 5. The first kappa shape index (κ1) is 22.5. The molecule has 0 saturated heterocycles. The average Bonchev–Trinajstić information content (AvgIpc) is 3.22. The summed E-state index contributed by atoms with van der Waals surface area (Å²) < 4.78 is 6.08. The number of ether oxygens (including phenoxy) is 1. The number of benzene rings is 1. The lowest BCUT2D eigenvalue weighted by Crippen LogP contribution is -2.47. The Kier molecular flexibility index (Phi) is 8.08. The van der Waals surface area contributed by atoms with Crippen molar-refractivity contribution in [3.8, 4) is 5.75 Å². The Morgan fingerprint density at radius 1 is 1.40 bits per heavy atom. The molecule has 2 atom stereocenters. The van der Waals surface area contributed by atoms with Crippen molar-refractivity contribution in [1.29, 1.82) is 0 Å². The van der Waals surface area contributed by atoms with Crippen molar-refractivity contribution < 1.29 is 14.6 Å². The van der Waals surface area contributed by atoms with Crippen LogP contribution in [-0.2, 0) is 11.2 Å². The van der Waals surface area contributed by atoms with E-state index in [9.17, 15) is 9.90 Å². The van der Waals surface area contributed by atoms with E-state index < -0.39 is 6.10 Å². The second kappa shape index (κ2) is 10.8. The Morgan fingerprint density at radius 3 is 2.87 bits per heavy atom. The van der Waals surface area contributed by atoms with Crippen LogP contribution < -0.4 is 4.74 Å². The summed E-state index contributed by atoms with van der Waals surface area (Å²) in [6.45, 7) is 10.2. The first-order valence-corrected chi connectivity index (χ1v) is 11.5. The van der Waals surface area contributed by atoms with E-state index in [1.165, 1.54) is 16.0 Å². The highest BCUT2D eigenvalue weighted by molar-refractivity contribution is 7.10. The summed E-state index contributed by atoms with van der Waals surface area (Å²) >= 11 is 1.75. The quantitative estimate of drug-likeness (QED) is 0.585. The van der Waals surface area contributed by atoms with E-state index in [2.05, 4.69) is 18.0 Å². The van der Waals surface area contributed by atoms with Gasteiger partial charge >= 0.3 is 0 Å². The van der Waals surface area contributed by atoms with Crippen LogP contribution in [0, 0.1) is 6.92 Å². The van der Waals surface area contributed by atoms with E-state index in [1.807, 2.05) is 47.9 Å². The number of aliphatic hydroxyl groups is 1. The van der Waals surface area contributed by atoms with Gasteiger partial charge in [-0.1, -0.05) is 30.7 Å². The minimum Gasteiger partial charge on any atom is -0.491 e. The molecule has 0 spiro atoms. The van der Waals surface area contributed by atoms with Crippen LogP contribution in [0.1, 0.15) is 35.4 Å². The van der Waals surface area contributed by atoms with Crippen molar-refractivity contribution in [3.05, 3.63) is 64.4 Å². The Morgan fingerprint density at radius 2 is 2.17 bits per heavy atom. The fourth-order valence-corrected chi connectivity index (χ4v) is 4.71. The summed E-state index contributed by atoms with van der Waals surface area (Å²) in [5.74, 6) is 0.879. The smallest absolute Gasteiger partial charge is 0.237 e. The molecule has 3 rings (SSSR count). The molecule has 2 heterocycles. The summed E-state index contributed by atoms with van der Waals surface area (Å²) in [5.41, 5.74) is 2.38. The molecule has 0 fully saturated rings. The number of carbonyl (C=O) groups is 1. The number of carbonyl (C=O) groups excluding carboxylic acids is 1. The van der Waals surface area contributed by atoms with Crippen LogP contribution >= 0.6 is 11.3 Å². The molecule has 0 radical (unpaired) electrons. The first-order chi connectivity index (χ1) is 14.5. The molecule has 1 aromatic heterocycles. The lowest BCUT2D eigenvalue weighted by Gasteiger charge is -2.37. The van der Waals surface area contributed by atoms with E-state index in [4.69, 9.17) is 4.74 Å². The zero-order chi connectivity index (χ0) is 21.5.